The van der Waals surface area contributed by atoms with E-state index in [9.17, 15) is 15.0 Å². The summed E-state index contributed by atoms with van der Waals surface area (Å²) in [6, 6.07) is 6.86. The van der Waals surface area contributed by atoms with Gasteiger partial charge >= 0.3 is 6.09 Å². The molecule has 4 atom stereocenters. The minimum absolute atomic E-state index is 0.113. The predicted molar refractivity (Wildman–Crippen MR) is 84.7 cm³/mol. The molecule has 2 saturated carbocycles. The molecule has 0 aromatic heterocycles. The lowest BCUT2D eigenvalue weighted by Gasteiger charge is -2.44. The maximum Gasteiger partial charge on any atom is 0.410 e. The zero-order valence-electron chi connectivity index (χ0n) is 12.7. The molecule has 2 fully saturated rings. The van der Waals surface area contributed by atoms with Crippen LogP contribution in [0.15, 0.2) is 24.3 Å². The fourth-order valence-corrected chi connectivity index (χ4v) is 4.67. The van der Waals surface area contributed by atoms with Crippen LogP contribution in [0, 0.1) is 11.8 Å². The van der Waals surface area contributed by atoms with E-state index in [0.29, 0.717) is 22.4 Å². The van der Waals surface area contributed by atoms with Gasteiger partial charge < -0.3 is 10.2 Å². The van der Waals surface area contributed by atoms with E-state index in [0.717, 1.165) is 19.3 Å². The Balaban J connectivity index is 2.02. The first-order valence-corrected chi connectivity index (χ1v) is 8.34. The van der Waals surface area contributed by atoms with Crippen molar-refractivity contribution in [3.8, 4) is 0 Å². The molecule has 2 aliphatic rings. The number of hydrogen-bond donors (Lipinski definition) is 2. The zero-order chi connectivity index (χ0) is 15.9. The molecular formula is C17H22ClNO3. The second-order valence-corrected chi connectivity index (χ2v) is 6.95. The summed E-state index contributed by atoms with van der Waals surface area (Å²) in [5.74, 6) is 0.964. The Bertz CT molecular complexity index is 579. The molecule has 5 heteroatoms. The van der Waals surface area contributed by atoms with Gasteiger partial charge in [0.05, 0.1) is 0 Å². The summed E-state index contributed by atoms with van der Waals surface area (Å²) in [4.78, 5) is 13.3. The SMILES string of the molecule is CC[C@@](O)(c1ccccc1Cl)N(C(=O)O)[C@@H]1CC2CCC1C2. The number of halogens is 1. The van der Waals surface area contributed by atoms with E-state index in [4.69, 9.17) is 11.6 Å². The van der Waals surface area contributed by atoms with Crippen molar-refractivity contribution in [2.45, 2.75) is 50.8 Å². The Morgan fingerprint density at radius 3 is 2.59 bits per heavy atom. The Hall–Kier alpha value is -1.26. The molecule has 2 unspecified atom stereocenters. The van der Waals surface area contributed by atoms with Crippen LogP contribution in [-0.4, -0.2) is 27.2 Å². The van der Waals surface area contributed by atoms with Crippen molar-refractivity contribution in [2.24, 2.45) is 11.8 Å². The molecule has 2 aliphatic carbocycles. The summed E-state index contributed by atoms with van der Waals surface area (Å²) < 4.78 is 0. The second kappa shape index (κ2) is 5.74. The summed E-state index contributed by atoms with van der Waals surface area (Å²) in [5.41, 5.74) is -1.09. The van der Waals surface area contributed by atoms with Crippen molar-refractivity contribution >= 4 is 17.7 Å². The molecule has 0 aliphatic heterocycles. The first-order valence-electron chi connectivity index (χ1n) is 7.97. The number of amides is 1. The van der Waals surface area contributed by atoms with Gasteiger partial charge in [0.25, 0.3) is 0 Å². The Morgan fingerprint density at radius 1 is 1.36 bits per heavy atom. The van der Waals surface area contributed by atoms with E-state index in [1.807, 2.05) is 0 Å². The van der Waals surface area contributed by atoms with Gasteiger partial charge in [0.15, 0.2) is 5.72 Å². The lowest BCUT2D eigenvalue weighted by Crippen LogP contribution is -2.55. The van der Waals surface area contributed by atoms with Crippen LogP contribution < -0.4 is 0 Å². The molecular weight excluding hydrogens is 302 g/mol. The minimum atomic E-state index is -1.57. The molecule has 3 rings (SSSR count). The van der Waals surface area contributed by atoms with Crippen LogP contribution in [0.2, 0.25) is 5.02 Å². The topological polar surface area (TPSA) is 60.8 Å². The number of rotatable bonds is 4. The molecule has 22 heavy (non-hydrogen) atoms. The van der Waals surface area contributed by atoms with Crippen LogP contribution in [0.3, 0.4) is 0 Å². The fraction of sp³-hybridized carbons (Fsp3) is 0.588. The quantitative estimate of drug-likeness (QED) is 0.821. The molecule has 2 N–H and O–H groups in total. The first kappa shape index (κ1) is 15.6. The third kappa shape index (κ3) is 2.38. The summed E-state index contributed by atoms with van der Waals surface area (Å²) in [7, 11) is 0. The van der Waals surface area contributed by atoms with E-state index in [2.05, 4.69) is 0 Å². The van der Waals surface area contributed by atoms with Crippen molar-refractivity contribution in [1.29, 1.82) is 0 Å². The highest BCUT2D eigenvalue weighted by Crippen LogP contribution is 2.49. The molecule has 1 amide bonds. The van der Waals surface area contributed by atoms with Gasteiger partial charge in [-0.3, -0.25) is 4.90 Å². The van der Waals surface area contributed by atoms with Gasteiger partial charge in [-0.1, -0.05) is 43.1 Å². The van der Waals surface area contributed by atoms with Crippen molar-refractivity contribution in [1.82, 2.24) is 4.90 Å². The average molecular weight is 324 g/mol. The maximum absolute atomic E-state index is 12.0. The molecule has 1 aromatic carbocycles. The number of carboxylic acid groups (broad SMARTS) is 1. The highest BCUT2D eigenvalue weighted by Gasteiger charge is 2.51. The summed E-state index contributed by atoms with van der Waals surface area (Å²) in [6.45, 7) is 1.80. The van der Waals surface area contributed by atoms with Gasteiger partial charge in [-0.25, -0.2) is 4.79 Å². The largest absolute Gasteiger partial charge is 0.465 e. The molecule has 0 spiro atoms. The van der Waals surface area contributed by atoms with Crippen LogP contribution in [0.4, 0.5) is 4.79 Å². The van der Waals surface area contributed by atoms with Gasteiger partial charge in [-0.05, 0) is 43.6 Å². The van der Waals surface area contributed by atoms with E-state index >= 15 is 0 Å². The van der Waals surface area contributed by atoms with E-state index in [-0.39, 0.29) is 12.5 Å². The van der Waals surface area contributed by atoms with E-state index < -0.39 is 11.8 Å². The molecule has 0 radical (unpaired) electrons. The minimum Gasteiger partial charge on any atom is -0.465 e. The molecule has 2 bridgehead atoms. The van der Waals surface area contributed by atoms with Crippen molar-refractivity contribution in [3.05, 3.63) is 34.9 Å². The van der Waals surface area contributed by atoms with Gasteiger partial charge in [0, 0.05) is 16.6 Å². The van der Waals surface area contributed by atoms with E-state index in [1.54, 1.807) is 31.2 Å². The molecule has 4 nitrogen and oxygen atoms in total. The zero-order valence-corrected chi connectivity index (χ0v) is 13.5. The van der Waals surface area contributed by atoms with Crippen molar-refractivity contribution in [2.75, 3.05) is 0 Å². The Labute approximate surface area is 135 Å². The Morgan fingerprint density at radius 2 is 2.09 bits per heavy atom. The predicted octanol–water partition coefficient (Wildman–Crippen LogP) is 4.06. The van der Waals surface area contributed by atoms with Gasteiger partial charge in [-0.2, -0.15) is 0 Å². The number of aliphatic hydroxyl groups is 1. The number of fused-ring (bicyclic) bond motifs is 2. The highest BCUT2D eigenvalue weighted by atomic mass is 35.5. The maximum atomic E-state index is 12.0. The molecule has 0 saturated heterocycles. The number of hydrogen-bond acceptors (Lipinski definition) is 2. The summed E-state index contributed by atoms with van der Waals surface area (Å²) in [5, 5.41) is 21.5. The normalized spacial score (nSPS) is 29.3. The van der Waals surface area contributed by atoms with Crippen LogP contribution in [0.5, 0.6) is 0 Å². The standard InChI is InChI=1S/C17H22ClNO3/c1-2-17(22,13-5-3-4-6-14(13)18)19(16(20)21)15-10-11-7-8-12(15)9-11/h3-6,11-12,15,22H,2,7-10H2,1H3,(H,20,21)/t11?,12?,15-,17-/m1/s1. The number of nitrogens with zero attached hydrogens (tertiary/aromatic N) is 1. The first-order chi connectivity index (χ1) is 10.5. The van der Waals surface area contributed by atoms with E-state index in [1.165, 1.54) is 11.3 Å². The highest BCUT2D eigenvalue weighted by molar-refractivity contribution is 6.31. The smallest absolute Gasteiger partial charge is 0.410 e. The molecule has 0 heterocycles. The Kier molecular flexibility index (Phi) is 4.08. The molecule has 120 valence electrons. The third-order valence-electron chi connectivity index (χ3n) is 5.44. The third-order valence-corrected chi connectivity index (χ3v) is 5.76. The summed E-state index contributed by atoms with van der Waals surface area (Å²) in [6.07, 6.45) is 3.38. The summed E-state index contributed by atoms with van der Waals surface area (Å²) >= 11 is 6.24. The van der Waals surface area contributed by atoms with Gasteiger partial charge in [-0.15, -0.1) is 0 Å². The monoisotopic (exact) mass is 323 g/mol. The van der Waals surface area contributed by atoms with Gasteiger partial charge in [0.1, 0.15) is 0 Å². The van der Waals surface area contributed by atoms with Crippen LogP contribution in [0.25, 0.3) is 0 Å². The number of benzene rings is 1. The number of carbonyl (C=O) groups is 1. The second-order valence-electron chi connectivity index (χ2n) is 6.54. The average Bonchev–Trinajstić information content (AvgIpc) is 3.10. The van der Waals surface area contributed by atoms with Crippen LogP contribution in [-0.2, 0) is 5.72 Å². The molecule has 1 aromatic rings. The van der Waals surface area contributed by atoms with Crippen molar-refractivity contribution < 1.29 is 15.0 Å². The van der Waals surface area contributed by atoms with Crippen LogP contribution >= 0.6 is 11.6 Å². The van der Waals surface area contributed by atoms with Crippen molar-refractivity contribution in [3.63, 3.8) is 0 Å². The van der Waals surface area contributed by atoms with Gasteiger partial charge in [0.2, 0.25) is 0 Å². The fourth-order valence-electron chi connectivity index (χ4n) is 4.38. The lowest BCUT2D eigenvalue weighted by atomic mass is 9.89. The lowest BCUT2D eigenvalue weighted by molar-refractivity contribution is -0.127. The van der Waals surface area contributed by atoms with Crippen LogP contribution in [0.1, 0.15) is 44.6 Å².